The van der Waals surface area contributed by atoms with Crippen LogP contribution >= 0.6 is 12.4 Å². The summed E-state index contributed by atoms with van der Waals surface area (Å²) in [5, 5.41) is 2.92. The summed E-state index contributed by atoms with van der Waals surface area (Å²) in [4.78, 5) is 12.0. The molecule has 0 spiro atoms. The van der Waals surface area contributed by atoms with Crippen LogP contribution in [0.1, 0.15) is 24.0 Å². The number of ether oxygens (including phenoxy) is 1. The number of amides is 1. The summed E-state index contributed by atoms with van der Waals surface area (Å²) < 4.78 is 5.12. The molecule has 4 nitrogen and oxygen atoms in total. The van der Waals surface area contributed by atoms with E-state index in [1.54, 1.807) is 13.2 Å². The van der Waals surface area contributed by atoms with Crippen molar-refractivity contribution >= 4 is 29.7 Å². The molecule has 1 amide bonds. The average Bonchev–Trinajstić information content (AvgIpc) is 2.51. The van der Waals surface area contributed by atoms with Crippen molar-refractivity contribution in [3.63, 3.8) is 0 Å². The monoisotopic (exact) mass is 334 g/mol. The van der Waals surface area contributed by atoms with Crippen LogP contribution in [-0.4, -0.2) is 13.0 Å². The van der Waals surface area contributed by atoms with Gasteiger partial charge in [0, 0.05) is 17.8 Å². The number of hydrogen-bond donors (Lipinski definition) is 2. The SMILES string of the molecule is COc1ccc(CCCC(=O)Nc2cc(N)ccc2C)cc1.Cl. The van der Waals surface area contributed by atoms with Gasteiger partial charge in [-0.05, 0) is 55.2 Å². The predicted molar refractivity (Wildman–Crippen MR) is 97.4 cm³/mol. The number of hydrogen-bond acceptors (Lipinski definition) is 3. The summed E-state index contributed by atoms with van der Waals surface area (Å²) >= 11 is 0. The van der Waals surface area contributed by atoms with Gasteiger partial charge in [0.1, 0.15) is 5.75 Å². The van der Waals surface area contributed by atoms with Crippen molar-refractivity contribution in [1.82, 2.24) is 0 Å². The lowest BCUT2D eigenvalue weighted by Gasteiger charge is -2.09. The van der Waals surface area contributed by atoms with Crippen LogP contribution in [-0.2, 0) is 11.2 Å². The summed E-state index contributed by atoms with van der Waals surface area (Å²) in [6.07, 6.45) is 2.16. The minimum Gasteiger partial charge on any atom is -0.497 e. The third-order valence-corrected chi connectivity index (χ3v) is 3.56. The Morgan fingerprint density at radius 1 is 1.17 bits per heavy atom. The molecule has 0 bridgehead atoms. The minimum absolute atomic E-state index is 0. The van der Waals surface area contributed by atoms with E-state index in [0.29, 0.717) is 12.1 Å². The number of nitrogens with two attached hydrogens (primary N) is 1. The van der Waals surface area contributed by atoms with Gasteiger partial charge in [-0.15, -0.1) is 12.4 Å². The number of methoxy groups -OCH3 is 1. The molecule has 0 aromatic heterocycles. The lowest BCUT2D eigenvalue weighted by Crippen LogP contribution is -2.12. The molecule has 0 radical (unpaired) electrons. The highest BCUT2D eigenvalue weighted by Crippen LogP contribution is 2.19. The second kappa shape index (κ2) is 9.06. The third-order valence-electron chi connectivity index (χ3n) is 3.56. The zero-order valence-corrected chi connectivity index (χ0v) is 14.3. The lowest BCUT2D eigenvalue weighted by atomic mass is 10.1. The van der Waals surface area contributed by atoms with Crippen molar-refractivity contribution in [2.24, 2.45) is 0 Å². The van der Waals surface area contributed by atoms with E-state index in [-0.39, 0.29) is 18.3 Å². The molecular formula is C18H23ClN2O2. The van der Waals surface area contributed by atoms with Crippen LogP contribution < -0.4 is 15.8 Å². The first kappa shape index (κ1) is 18.8. The number of anilines is 2. The van der Waals surface area contributed by atoms with Crippen LogP contribution in [0.2, 0.25) is 0 Å². The standard InChI is InChI=1S/C18H22N2O2.ClH/c1-13-6-9-15(19)12-17(13)20-18(21)5-3-4-14-7-10-16(22-2)11-8-14;/h6-12H,3-5,19H2,1-2H3,(H,20,21);1H. The van der Waals surface area contributed by atoms with Crippen molar-refractivity contribution in [3.05, 3.63) is 53.6 Å². The van der Waals surface area contributed by atoms with Crippen molar-refractivity contribution in [3.8, 4) is 5.75 Å². The number of nitrogens with one attached hydrogen (secondary N) is 1. The maximum Gasteiger partial charge on any atom is 0.224 e. The average molecular weight is 335 g/mol. The summed E-state index contributed by atoms with van der Waals surface area (Å²) in [6.45, 7) is 1.95. The second-order valence-corrected chi connectivity index (χ2v) is 5.32. The topological polar surface area (TPSA) is 64.3 Å². The maximum atomic E-state index is 12.0. The van der Waals surface area contributed by atoms with Gasteiger partial charge in [-0.25, -0.2) is 0 Å². The molecule has 2 rings (SSSR count). The summed E-state index contributed by atoms with van der Waals surface area (Å²) in [5.74, 6) is 0.862. The Balaban J connectivity index is 0.00000264. The number of carbonyl (C=O) groups excluding carboxylic acids is 1. The molecule has 0 fully saturated rings. The van der Waals surface area contributed by atoms with Crippen LogP contribution in [0, 0.1) is 6.92 Å². The fraction of sp³-hybridized carbons (Fsp3) is 0.278. The van der Waals surface area contributed by atoms with Crippen LogP contribution in [0.3, 0.4) is 0 Å². The molecule has 2 aromatic rings. The van der Waals surface area contributed by atoms with E-state index in [0.717, 1.165) is 29.8 Å². The molecule has 0 saturated heterocycles. The van der Waals surface area contributed by atoms with Gasteiger partial charge in [-0.1, -0.05) is 18.2 Å². The van der Waals surface area contributed by atoms with Gasteiger partial charge < -0.3 is 15.8 Å². The van der Waals surface area contributed by atoms with Gasteiger partial charge in [0.05, 0.1) is 7.11 Å². The first-order valence-electron chi connectivity index (χ1n) is 7.37. The number of benzene rings is 2. The van der Waals surface area contributed by atoms with Crippen molar-refractivity contribution in [2.75, 3.05) is 18.2 Å². The van der Waals surface area contributed by atoms with Crippen LogP contribution in [0.15, 0.2) is 42.5 Å². The van der Waals surface area contributed by atoms with Crippen molar-refractivity contribution < 1.29 is 9.53 Å². The Labute approximate surface area is 143 Å². The summed E-state index contributed by atoms with van der Waals surface area (Å²) in [5.41, 5.74) is 9.39. The van der Waals surface area contributed by atoms with Crippen LogP contribution in [0.5, 0.6) is 5.75 Å². The van der Waals surface area contributed by atoms with E-state index in [1.807, 2.05) is 43.3 Å². The van der Waals surface area contributed by atoms with E-state index in [1.165, 1.54) is 5.56 Å². The van der Waals surface area contributed by atoms with Gasteiger partial charge in [0.25, 0.3) is 0 Å². The minimum atomic E-state index is 0. The van der Waals surface area contributed by atoms with Gasteiger partial charge in [-0.3, -0.25) is 4.79 Å². The number of halogens is 1. The highest BCUT2D eigenvalue weighted by molar-refractivity contribution is 5.92. The summed E-state index contributed by atoms with van der Waals surface area (Å²) in [7, 11) is 1.65. The Morgan fingerprint density at radius 3 is 2.52 bits per heavy atom. The van der Waals surface area contributed by atoms with Gasteiger partial charge >= 0.3 is 0 Å². The first-order valence-corrected chi connectivity index (χ1v) is 7.37. The molecule has 124 valence electrons. The van der Waals surface area contributed by atoms with Crippen molar-refractivity contribution in [2.45, 2.75) is 26.2 Å². The highest BCUT2D eigenvalue weighted by Gasteiger charge is 2.05. The lowest BCUT2D eigenvalue weighted by molar-refractivity contribution is -0.116. The molecule has 2 aromatic carbocycles. The normalized spacial score (nSPS) is 9.83. The molecule has 0 saturated carbocycles. The van der Waals surface area contributed by atoms with Crippen LogP contribution in [0.4, 0.5) is 11.4 Å². The van der Waals surface area contributed by atoms with E-state index >= 15 is 0 Å². The fourth-order valence-corrected chi connectivity index (χ4v) is 2.23. The zero-order chi connectivity index (χ0) is 15.9. The molecule has 0 aliphatic carbocycles. The molecule has 0 unspecified atom stereocenters. The molecule has 5 heteroatoms. The Bertz CT molecular complexity index is 642. The van der Waals surface area contributed by atoms with Gasteiger partial charge in [0.15, 0.2) is 0 Å². The molecule has 23 heavy (non-hydrogen) atoms. The third kappa shape index (κ3) is 5.83. The fourth-order valence-electron chi connectivity index (χ4n) is 2.23. The maximum absolute atomic E-state index is 12.0. The van der Waals surface area contributed by atoms with E-state index in [4.69, 9.17) is 10.5 Å². The largest absolute Gasteiger partial charge is 0.497 e. The smallest absolute Gasteiger partial charge is 0.224 e. The number of nitrogen functional groups attached to an aromatic ring is 1. The van der Waals surface area contributed by atoms with Crippen LogP contribution in [0.25, 0.3) is 0 Å². The molecule has 0 atom stereocenters. The Morgan fingerprint density at radius 2 is 1.87 bits per heavy atom. The Kier molecular flexibility index (Phi) is 7.42. The molecule has 0 aliphatic heterocycles. The molecule has 3 N–H and O–H groups in total. The zero-order valence-electron chi connectivity index (χ0n) is 13.5. The van der Waals surface area contributed by atoms with E-state index < -0.39 is 0 Å². The summed E-state index contributed by atoms with van der Waals surface area (Å²) in [6, 6.07) is 13.4. The number of aryl methyl sites for hydroxylation is 2. The highest BCUT2D eigenvalue weighted by atomic mass is 35.5. The molecule has 0 aliphatic rings. The predicted octanol–water partition coefficient (Wildman–Crippen LogP) is 3.97. The van der Waals surface area contributed by atoms with E-state index in [9.17, 15) is 4.79 Å². The first-order chi connectivity index (χ1) is 10.6. The van der Waals surface area contributed by atoms with Crippen molar-refractivity contribution in [1.29, 1.82) is 0 Å². The Hall–Kier alpha value is -2.20. The second-order valence-electron chi connectivity index (χ2n) is 5.32. The van der Waals surface area contributed by atoms with Gasteiger partial charge in [0.2, 0.25) is 5.91 Å². The van der Waals surface area contributed by atoms with Gasteiger partial charge in [-0.2, -0.15) is 0 Å². The molecular weight excluding hydrogens is 312 g/mol. The molecule has 0 heterocycles. The number of carbonyl (C=O) groups is 1. The number of rotatable bonds is 6. The van der Waals surface area contributed by atoms with E-state index in [2.05, 4.69) is 5.32 Å². The quantitative estimate of drug-likeness (QED) is 0.786.